The van der Waals surface area contributed by atoms with Crippen molar-refractivity contribution in [1.29, 1.82) is 0 Å². The fourth-order valence-corrected chi connectivity index (χ4v) is 3.50. The number of carboxylic acids is 1. The zero-order valence-electron chi connectivity index (χ0n) is 10.3. The molecule has 4 nitrogen and oxygen atoms in total. The maximum Gasteiger partial charge on any atom is 0.321 e. The van der Waals surface area contributed by atoms with E-state index in [4.69, 9.17) is 0 Å². The van der Waals surface area contributed by atoms with Crippen molar-refractivity contribution in [3.63, 3.8) is 0 Å². The summed E-state index contributed by atoms with van der Waals surface area (Å²) in [5, 5.41) is 9.38. The Balaban J connectivity index is 1.65. The number of rotatable bonds is 3. The third kappa shape index (κ3) is 2.33. The van der Waals surface area contributed by atoms with Crippen molar-refractivity contribution in [1.82, 2.24) is 9.80 Å². The summed E-state index contributed by atoms with van der Waals surface area (Å²) in [7, 11) is 0. The molecule has 0 aromatic rings. The largest absolute Gasteiger partial charge is 0.480 e. The number of nitrogens with zero attached hydrogens (tertiary/aromatic N) is 2. The number of aliphatic carboxylic acids is 1. The summed E-state index contributed by atoms with van der Waals surface area (Å²) < 4.78 is 0. The molecule has 0 aromatic carbocycles. The summed E-state index contributed by atoms with van der Waals surface area (Å²) in [6.45, 7) is 4.22. The van der Waals surface area contributed by atoms with Crippen LogP contribution in [0.25, 0.3) is 0 Å². The number of carboxylic acid groups (broad SMARTS) is 1. The first-order valence-corrected chi connectivity index (χ1v) is 6.96. The van der Waals surface area contributed by atoms with Crippen LogP contribution in [0.4, 0.5) is 0 Å². The van der Waals surface area contributed by atoms with Gasteiger partial charge in [0.2, 0.25) is 0 Å². The zero-order chi connectivity index (χ0) is 11.8. The standard InChI is InChI=1S/C13H22N2O2/c16-13(17)12(10-4-5-10)15-8-7-14-6-2-1-3-11(14)9-15/h10-12H,1-9H2,(H,16,17). The quantitative estimate of drug-likeness (QED) is 0.797. The van der Waals surface area contributed by atoms with E-state index in [1.54, 1.807) is 0 Å². The van der Waals surface area contributed by atoms with Gasteiger partial charge >= 0.3 is 5.97 Å². The molecule has 0 amide bonds. The molecular weight excluding hydrogens is 216 g/mol. The number of hydrogen-bond acceptors (Lipinski definition) is 3. The van der Waals surface area contributed by atoms with Crippen LogP contribution in [0.2, 0.25) is 0 Å². The molecule has 0 spiro atoms. The molecule has 2 saturated heterocycles. The van der Waals surface area contributed by atoms with Crippen molar-refractivity contribution in [2.75, 3.05) is 26.2 Å². The fourth-order valence-electron chi connectivity index (χ4n) is 3.50. The molecule has 3 fully saturated rings. The summed E-state index contributed by atoms with van der Waals surface area (Å²) in [6, 6.07) is 0.428. The summed E-state index contributed by atoms with van der Waals surface area (Å²) in [5.74, 6) is -0.167. The molecule has 1 saturated carbocycles. The average Bonchev–Trinajstić information content (AvgIpc) is 3.13. The van der Waals surface area contributed by atoms with Crippen molar-refractivity contribution >= 4 is 5.97 Å². The molecule has 17 heavy (non-hydrogen) atoms. The molecule has 0 bridgehead atoms. The maximum absolute atomic E-state index is 11.4. The Kier molecular flexibility index (Phi) is 3.09. The van der Waals surface area contributed by atoms with Gasteiger partial charge in [-0.1, -0.05) is 6.42 Å². The molecule has 3 rings (SSSR count). The van der Waals surface area contributed by atoms with E-state index in [9.17, 15) is 9.90 Å². The predicted octanol–water partition coefficient (Wildman–Crippen LogP) is 1.02. The number of piperazine rings is 1. The molecule has 96 valence electrons. The minimum Gasteiger partial charge on any atom is -0.480 e. The van der Waals surface area contributed by atoms with Gasteiger partial charge in [-0.05, 0) is 38.1 Å². The van der Waals surface area contributed by atoms with Crippen LogP contribution in [0.15, 0.2) is 0 Å². The maximum atomic E-state index is 11.4. The van der Waals surface area contributed by atoms with Gasteiger partial charge in [-0.2, -0.15) is 0 Å². The third-order valence-corrected chi connectivity index (χ3v) is 4.58. The zero-order valence-corrected chi connectivity index (χ0v) is 10.3. The molecule has 0 radical (unpaired) electrons. The molecule has 1 aliphatic carbocycles. The molecule has 2 atom stereocenters. The lowest BCUT2D eigenvalue weighted by atomic mass is 9.98. The van der Waals surface area contributed by atoms with E-state index in [-0.39, 0.29) is 6.04 Å². The van der Waals surface area contributed by atoms with Gasteiger partial charge < -0.3 is 5.11 Å². The smallest absolute Gasteiger partial charge is 0.321 e. The van der Waals surface area contributed by atoms with Gasteiger partial charge in [-0.15, -0.1) is 0 Å². The van der Waals surface area contributed by atoms with Gasteiger partial charge in [-0.25, -0.2) is 0 Å². The van der Waals surface area contributed by atoms with Crippen molar-refractivity contribution in [3.05, 3.63) is 0 Å². The van der Waals surface area contributed by atoms with E-state index < -0.39 is 5.97 Å². The normalized spacial score (nSPS) is 33.1. The van der Waals surface area contributed by atoms with Gasteiger partial charge in [0, 0.05) is 25.7 Å². The molecule has 4 heteroatoms. The second kappa shape index (κ2) is 4.58. The lowest BCUT2D eigenvalue weighted by Gasteiger charge is -2.45. The molecule has 2 aliphatic heterocycles. The van der Waals surface area contributed by atoms with Gasteiger partial charge in [0.1, 0.15) is 6.04 Å². The van der Waals surface area contributed by atoms with Crippen LogP contribution in [-0.4, -0.2) is 59.1 Å². The van der Waals surface area contributed by atoms with Gasteiger partial charge in [0.25, 0.3) is 0 Å². The Labute approximate surface area is 103 Å². The van der Waals surface area contributed by atoms with Crippen LogP contribution in [-0.2, 0) is 4.79 Å². The molecule has 3 aliphatic rings. The third-order valence-electron chi connectivity index (χ3n) is 4.58. The van der Waals surface area contributed by atoms with E-state index in [2.05, 4.69) is 9.80 Å². The Morgan fingerprint density at radius 2 is 1.94 bits per heavy atom. The highest BCUT2D eigenvalue weighted by Crippen LogP contribution is 2.36. The minimum absolute atomic E-state index is 0.195. The van der Waals surface area contributed by atoms with Gasteiger partial charge in [0.15, 0.2) is 0 Å². The highest BCUT2D eigenvalue weighted by molar-refractivity contribution is 5.74. The van der Waals surface area contributed by atoms with Crippen LogP contribution in [0.5, 0.6) is 0 Å². The Hall–Kier alpha value is -0.610. The topological polar surface area (TPSA) is 43.8 Å². The number of hydrogen-bond donors (Lipinski definition) is 1. The van der Waals surface area contributed by atoms with Crippen LogP contribution in [0.3, 0.4) is 0 Å². The highest BCUT2D eigenvalue weighted by atomic mass is 16.4. The number of carbonyl (C=O) groups is 1. The second-order valence-electron chi connectivity index (χ2n) is 5.80. The molecule has 2 unspecified atom stereocenters. The Morgan fingerprint density at radius 1 is 1.12 bits per heavy atom. The predicted molar refractivity (Wildman–Crippen MR) is 64.9 cm³/mol. The fraction of sp³-hybridized carbons (Fsp3) is 0.923. The van der Waals surface area contributed by atoms with Crippen molar-refractivity contribution in [3.8, 4) is 0 Å². The average molecular weight is 238 g/mol. The lowest BCUT2D eigenvalue weighted by molar-refractivity contribution is -0.145. The van der Waals surface area contributed by atoms with Crippen LogP contribution < -0.4 is 0 Å². The van der Waals surface area contributed by atoms with Crippen LogP contribution in [0, 0.1) is 5.92 Å². The van der Waals surface area contributed by atoms with E-state index >= 15 is 0 Å². The van der Waals surface area contributed by atoms with Gasteiger partial charge in [0.05, 0.1) is 0 Å². The number of fused-ring (bicyclic) bond motifs is 1. The summed E-state index contributed by atoms with van der Waals surface area (Å²) >= 11 is 0. The number of piperidine rings is 1. The second-order valence-corrected chi connectivity index (χ2v) is 5.80. The Bertz CT molecular complexity index is 304. The van der Waals surface area contributed by atoms with Crippen molar-refractivity contribution in [2.45, 2.75) is 44.2 Å². The van der Waals surface area contributed by atoms with Crippen molar-refractivity contribution in [2.24, 2.45) is 5.92 Å². The lowest BCUT2D eigenvalue weighted by Crippen LogP contribution is -2.59. The molecule has 0 aromatic heterocycles. The first kappa shape index (κ1) is 11.5. The monoisotopic (exact) mass is 238 g/mol. The summed E-state index contributed by atoms with van der Waals surface area (Å²) in [5.41, 5.74) is 0. The molecular formula is C13H22N2O2. The first-order valence-electron chi connectivity index (χ1n) is 6.96. The van der Waals surface area contributed by atoms with E-state index in [0.29, 0.717) is 12.0 Å². The molecule has 1 N–H and O–H groups in total. The van der Waals surface area contributed by atoms with E-state index in [1.807, 2.05) is 0 Å². The van der Waals surface area contributed by atoms with E-state index in [0.717, 1.165) is 32.5 Å². The van der Waals surface area contributed by atoms with Crippen LogP contribution in [0.1, 0.15) is 32.1 Å². The van der Waals surface area contributed by atoms with Crippen LogP contribution >= 0.6 is 0 Å². The first-order chi connectivity index (χ1) is 8.25. The van der Waals surface area contributed by atoms with E-state index in [1.165, 1.54) is 25.8 Å². The highest BCUT2D eigenvalue weighted by Gasteiger charge is 2.42. The minimum atomic E-state index is -0.600. The van der Waals surface area contributed by atoms with Gasteiger partial charge in [-0.3, -0.25) is 14.6 Å². The summed E-state index contributed by atoms with van der Waals surface area (Å²) in [4.78, 5) is 16.2. The molecule has 2 heterocycles. The summed E-state index contributed by atoms with van der Waals surface area (Å²) in [6.07, 6.45) is 6.12. The van der Waals surface area contributed by atoms with Crippen molar-refractivity contribution < 1.29 is 9.90 Å². The SMILES string of the molecule is O=C(O)C(C1CC1)N1CCN2CCCCC2C1. The Morgan fingerprint density at radius 3 is 2.65 bits per heavy atom.